The van der Waals surface area contributed by atoms with E-state index in [4.69, 9.17) is 9.15 Å². The quantitative estimate of drug-likeness (QED) is 0.521. The number of nitrogens with one attached hydrogen (secondary N) is 2. The molecule has 3 rings (SSSR count). The third-order valence-corrected chi connectivity index (χ3v) is 4.75. The molecule has 10 nitrogen and oxygen atoms in total. The van der Waals surface area contributed by atoms with Gasteiger partial charge in [0.15, 0.2) is 11.8 Å². The Morgan fingerprint density at radius 3 is 2.67 bits per heavy atom. The van der Waals surface area contributed by atoms with Crippen molar-refractivity contribution in [2.75, 3.05) is 17.2 Å². The topological polar surface area (TPSA) is 128 Å². The molecule has 0 unspecified atom stereocenters. The van der Waals surface area contributed by atoms with Crippen molar-refractivity contribution < 1.29 is 18.7 Å². The van der Waals surface area contributed by atoms with Crippen molar-refractivity contribution in [2.45, 2.75) is 17.8 Å². The van der Waals surface area contributed by atoms with Gasteiger partial charge < -0.3 is 24.4 Å². The molecule has 0 bridgehead atoms. The van der Waals surface area contributed by atoms with Crippen LogP contribution in [0.3, 0.4) is 0 Å². The molecule has 0 saturated carbocycles. The summed E-state index contributed by atoms with van der Waals surface area (Å²) < 4.78 is 12.4. The lowest BCUT2D eigenvalue weighted by Gasteiger charge is -2.09. The Kier molecular flexibility index (Phi) is 6.86. The molecule has 0 atom stereocenters. The number of ether oxygens (including phenoxy) is 1. The molecule has 156 valence electrons. The molecule has 2 N–H and O–H groups in total. The van der Waals surface area contributed by atoms with E-state index >= 15 is 0 Å². The molecule has 2 heterocycles. The van der Waals surface area contributed by atoms with Crippen molar-refractivity contribution in [1.82, 2.24) is 14.8 Å². The first-order valence-corrected chi connectivity index (χ1v) is 9.78. The number of hydrogen-bond acceptors (Lipinski definition) is 8. The number of aromatic nitrogens is 3. The summed E-state index contributed by atoms with van der Waals surface area (Å²) in [5.74, 6) is 0.0973. The Labute approximate surface area is 175 Å². The summed E-state index contributed by atoms with van der Waals surface area (Å²) in [5, 5.41) is 13.7. The van der Waals surface area contributed by atoms with Gasteiger partial charge in [-0.3, -0.25) is 14.4 Å². The van der Waals surface area contributed by atoms with Gasteiger partial charge in [0.2, 0.25) is 17.1 Å². The number of amides is 2. The second-order valence-corrected chi connectivity index (χ2v) is 7.13. The van der Waals surface area contributed by atoms with Gasteiger partial charge >= 0.3 is 0 Å². The Hall–Kier alpha value is -3.60. The van der Waals surface area contributed by atoms with Gasteiger partial charge in [-0.15, -0.1) is 10.2 Å². The lowest BCUT2D eigenvalue weighted by atomic mass is 10.2. The van der Waals surface area contributed by atoms with E-state index in [1.807, 2.05) is 7.05 Å². The first-order chi connectivity index (χ1) is 14.4. The molecule has 0 saturated heterocycles. The maximum Gasteiger partial charge on any atom is 0.262 e. The number of carbonyl (C=O) groups excluding carboxylic acids is 2. The van der Waals surface area contributed by atoms with E-state index < -0.39 is 11.3 Å². The van der Waals surface area contributed by atoms with E-state index in [0.717, 1.165) is 0 Å². The minimum absolute atomic E-state index is 0.0652. The summed E-state index contributed by atoms with van der Waals surface area (Å²) in [7, 11) is 1.82. The van der Waals surface area contributed by atoms with Crippen LogP contribution in [-0.2, 0) is 22.4 Å². The second kappa shape index (κ2) is 9.74. The molecule has 11 heteroatoms. The largest absolute Gasteiger partial charge is 0.477 e. The zero-order valence-corrected chi connectivity index (χ0v) is 17.1. The number of aryl methyl sites for hydroxylation is 1. The molecule has 3 aromatic rings. The Morgan fingerprint density at radius 1 is 1.23 bits per heavy atom. The maximum absolute atomic E-state index is 12.2. The van der Waals surface area contributed by atoms with Gasteiger partial charge in [0, 0.05) is 31.4 Å². The Balaban J connectivity index is 1.52. The van der Waals surface area contributed by atoms with Crippen LogP contribution in [0.1, 0.15) is 12.7 Å². The average molecular weight is 429 g/mol. The van der Waals surface area contributed by atoms with Crippen molar-refractivity contribution >= 4 is 35.0 Å². The Bertz CT molecular complexity index is 1110. The zero-order valence-electron chi connectivity index (χ0n) is 16.2. The SMILES string of the molecule is CC(=O)Nc1cccc(NC(=O)COc2coc(CSc3nncn3C)cc2=O)c1. The van der Waals surface area contributed by atoms with Gasteiger partial charge in [-0.05, 0) is 18.2 Å². The van der Waals surface area contributed by atoms with Gasteiger partial charge in [0.25, 0.3) is 5.91 Å². The first kappa shape index (κ1) is 21.1. The van der Waals surface area contributed by atoms with E-state index in [1.54, 1.807) is 35.2 Å². The van der Waals surface area contributed by atoms with Crippen molar-refractivity contribution in [2.24, 2.45) is 7.05 Å². The lowest BCUT2D eigenvalue weighted by molar-refractivity contribution is -0.118. The van der Waals surface area contributed by atoms with Crippen LogP contribution in [-0.4, -0.2) is 33.2 Å². The number of thioether (sulfide) groups is 1. The van der Waals surface area contributed by atoms with E-state index in [2.05, 4.69) is 20.8 Å². The number of rotatable bonds is 8. The van der Waals surface area contributed by atoms with Crippen molar-refractivity contribution in [3.8, 4) is 5.75 Å². The molecular weight excluding hydrogens is 410 g/mol. The highest BCUT2D eigenvalue weighted by molar-refractivity contribution is 7.98. The third kappa shape index (κ3) is 5.95. The summed E-state index contributed by atoms with van der Waals surface area (Å²) in [6.07, 6.45) is 2.76. The van der Waals surface area contributed by atoms with Gasteiger partial charge in [-0.1, -0.05) is 17.8 Å². The summed E-state index contributed by atoms with van der Waals surface area (Å²) in [5.41, 5.74) is 0.643. The fourth-order valence-electron chi connectivity index (χ4n) is 2.38. The van der Waals surface area contributed by atoms with Crippen molar-refractivity contribution in [3.05, 3.63) is 58.9 Å². The van der Waals surface area contributed by atoms with E-state index in [0.29, 0.717) is 28.0 Å². The summed E-state index contributed by atoms with van der Waals surface area (Å²) in [4.78, 5) is 35.4. The first-order valence-electron chi connectivity index (χ1n) is 8.79. The summed E-state index contributed by atoms with van der Waals surface area (Å²) >= 11 is 1.37. The highest BCUT2D eigenvalue weighted by atomic mass is 32.2. The van der Waals surface area contributed by atoms with Crippen LogP contribution in [0.25, 0.3) is 0 Å². The van der Waals surface area contributed by atoms with Crippen LogP contribution in [0.5, 0.6) is 5.75 Å². The molecule has 1 aromatic carbocycles. The number of benzene rings is 1. The maximum atomic E-state index is 12.2. The molecule has 0 fully saturated rings. The fraction of sp³-hybridized carbons (Fsp3) is 0.211. The van der Waals surface area contributed by atoms with Gasteiger partial charge in [-0.25, -0.2) is 0 Å². The van der Waals surface area contributed by atoms with Crippen molar-refractivity contribution in [3.63, 3.8) is 0 Å². The Morgan fingerprint density at radius 2 is 2.00 bits per heavy atom. The van der Waals surface area contributed by atoms with Gasteiger partial charge in [0.1, 0.15) is 18.4 Å². The normalized spacial score (nSPS) is 10.5. The molecule has 0 radical (unpaired) electrons. The van der Waals surface area contributed by atoms with Crippen LogP contribution in [0.15, 0.2) is 57.3 Å². The summed E-state index contributed by atoms with van der Waals surface area (Å²) in [6.45, 7) is 1.02. The number of anilines is 2. The number of nitrogens with zero attached hydrogens (tertiary/aromatic N) is 3. The molecular formula is C19H19N5O5S. The average Bonchev–Trinajstić information content (AvgIpc) is 3.10. The molecule has 0 aliphatic rings. The van der Waals surface area contributed by atoms with E-state index in [-0.39, 0.29) is 18.3 Å². The second-order valence-electron chi connectivity index (χ2n) is 6.19. The van der Waals surface area contributed by atoms with Crippen LogP contribution in [0, 0.1) is 0 Å². The molecule has 0 aliphatic heterocycles. The smallest absolute Gasteiger partial charge is 0.262 e. The monoisotopic (exact) mass is 429 g/mol. The zero-order chi connectivity index (χ0) is 21.5. The van der Waals surface area contributed by atoms with E-state index in [9.17, 15) is 14.4 Å². The van der Waals surface area contributed by atoms with Gasteiger partial charge in [0.05, 0.1) is 5.75 Å². The molecule has 2 amide bonds. The standard InChI is InChI=1S/C19H19N5O5S/c1-12(25)21-13-4-3-5-14(6-13)22-18(27)9-29-17-8-28-15(7-16(17)26)10-30-19-23-20-11-24(19)2/h3-8,11H,9-10H2,1-2H3,(H,21,25)(H,22,27). The van der Waals surface area contributed by atoms with Crippen LogP contribution in [0.2, 0.25) is 0 Å². The molecule has 30 heavy (non-hydrogen) atoms. The molecule has 0 aliphatic carbocycles. The number of carbonyl (C=O) groups is 2. The summed E-state index contributed by atoms with van der Waals surface area (Å²) in [6, 6.07) is 7.98. The highest BCUT2D eigenvalue weighted by Crippen LogP contribution is 2.20. The molecule has 0 spiro atoms. The predicted molar refractivity (Wildman–Crippen MR) is 110 cm³/mol. The van der Waals surface area contributed by atoms with Crippen LogP contribution < -0.4 is 20.8 Å². The van der Waals surface area contributed by atoms with Crippen molar-refractivity contribution in [1.29, 1.82) is 0 Å². The predicted octanol–water partition coefficient (Wildman–Crippen LogP) is 2.04. The minimum atomic E-state index is -0.462. The third-order valence-electron chi connectivity index (χ3n) is 3.69. The van der Waals surface area contributed by atoms with Gasteiger partial charge in [-0.2, -0.15) is 0 Å². The highest BCUT2D eigenvalue weighted by Gasteiger charge is 2.10. The number of hydrogen-bond donors (Lipinski definition) is 2. The molecule has 2 aromatic heterocycles. The fourth-order valence-corrected chi connectivity index (χ4v) is 3.16. The lowest BCUT2D eigenvalue weighted by Crippen LogP contribution is -2.22. The minimum Gasteiger partial charge on any atom is -0.477 e. The van der Waals surface area contributed by atoms with Crippen LogP contribution >= 0.6 is 11.8 Å². The van der Waals surface area contributed by atoms with E-state index in [1.165, 1.54) is 31.0 Å². The van der Waals surface area contributed by atoms with Crippen LogP contribution in [0.4, 0.5) is 11.4 Å².